The summed E-state index contributed by atoms with van der Waals surface area (Å²) < 4.78 is 15.4. The van der Waals surface area contributed by atoms with Crippen LogP contribution >= 0.6 is 58.6 Å². The lowest BCUT2D eigenvalue weighted by molar-refractivity contribution is 0.586. The molecule has 0 aliphatic rings. The van der Waals surface area contributed by atoms with Gasteiger partial charge in [-0.25, -0.2) is 4.39 Å². The maximum absolute atomic E-state index is 13.9. The second-order valence-corrected chi connectivity index (χ2v) is 7.41. The summed E-state index contributed by atoms with van der Waals surface area (Å²) in [6.45, 7) is 0.118. The van der Waals surface area contributed by atoms with Gasteiger partial charge in [-0.15, -0.1) is 0 Å². The molecule has 0 fully saturated rings. The SMILES string of the molecule is Fc1cccc(Cl)c1Cn1cc(Cl)c(NC(=S)Nc2cccc(Cl)c2Cl)n1. The van der Waals surface area contributed by atoms with Gasteiger partial charge in [-0.3, -0.25) is 4.68 Å². The third kappa shape index (κ3) is 4.83. The Labute approximate surface area is 180 Å². The van der Waals surface area contributed by atoms with E-state index >= 15 is 0 Å². The van der Waals surface area contributed by atoms with Crippen molar-refractivity contribution < 1.29 is 4.39 Å². The predicted octanol–water partition coefficient (Wildman–Crippen LogP) is 6.49. The average molecular weight is 464 g/mol. The normalized spacial score (nSPS) is 10.7. The van der Waals surface area contributed by atoms with Gasteiger partial charge in [-0.2, -0.15) is 5.10 Å². The molecule has 0 bridgehead atoms. The molecular weight excluding hydrogens is 453 g/mol. The lowest BCUT2D eigenvalue weighted by Gasteiger charge is -2.11. The number of thiocarbonyl (C=S) groups is 1. The maximum atomic E-state index is 13.9. The van der Waals surface area contributed by atoms with Crippen LogP contribution in [0, 0.1) is 5.82 Å². The molecule has 0 atom stereocenters. The van der Waals surface area contributed by atoms with Crippen LogP contribution < -0.4 is 10.6 Å². The highest BCUT2D eigenvalue weighted by Crippen LogP contribution is 2.30. The molecule has 2 aromatic carbocycles. The minimum atomic E-state index is -0.420. The third-order valence-electron chi connectivity index (χ3n) is 3.53. The fourth-order valence-electron chi connectivity index (χ4n) is 2.27. The third-order valence-corrected chi connectivity index (χ3v) is 5.18. The molecule has 3 rings (SSSR count). The molecule has 0 amide bonds. The number of hydrogen-bond donors (Lipinski definition) is 2. The minimum absolute atomic E-state index is 0.118. The standard InChI is InChI=1S/C17H11Cl4FN4S/c18-10-3-1-5-13(22)9(10)7-26-8-12(20)16(25-26)24-17(27)23-14-6-2-4-11(19)15(14)21/h1-6,8H,7H2,(H2,23,24,25,27). The van der Waals surface area contributed by atoms with Gasteiger partial charge in [0, 0.05) is 16.8 Å². The van der Waals surface area contributed by atoms with E-state index in [1.165, 1.54) is 16.8 Å². The summed E-state index contributed by atoms with van der Waals surface area (Å²) in [6, 6.07) is 9.60. The number of rotatable bonds is 4. The number of aromatic nitrogens is 2. The Bertz CT molecular complexity index is 988. The molecule has 140 valence electrons. The fourth-order valence-corrected chi connectivity index (χ4v) is 3.24. The molecule has 0 spiro atoms. The van der Waals surface area contributed by atoms with E-state index in [0.717, 1.165) is 0 Å². The van der Waals surface area contributed by atoms with Crippen molar-refractivity contribution in [2.75, 3.05) is 10.6 Å². The Kier molecular flexibility index (Phi) is 6.44. The van der Waals surface area contributed by atoms with Crippen molar-refractivity contribution in [1.82, 2.24) is 9.78 Å². The first-order valence-corrected chi connectivity index (χ1v) is 9.45. The zero-order chi connectivity index (χ0) is 19.6. The Morgan fingerprint density at radius 2 is 1.70 bits per heavy atom. The van der Waals surface area contributed by atoms with E-state index in [0.29, 0.717) is 37.2 Å². The lowest BCUT2D eigenvalue weighted by atomic mass is 10.2. The fraction of sp³-hybridized carbons (Fsp3) is 0.0588. The summed E-state index contributed by atoms with van der Waals surface area (Å²) >= 11 is 29.6. The second kappa shape index (κ2) is 8.63. The molecule has 0 aliphatic heterocycles. The highest BCUT2D eigenvalue weighted by molar-refractivity contribution is 7.80. The molecule has 0 aliphatic carbocycles. The van der Waals surface area contributed by atoms with Gasteiger partial charge in [0.1, 0.15) is 10.8 Å². The molecule has 1 aromatic heterocycles. The van der Waals surface area contributed by atoms with Crippen LogP contribution in [0.15, 0.2) is 42.6 Å². The van der Waals surface area contributed by atoms with Gasteiger partial charge in [-0.05, 0) is 36.5 Å². The summed E-state index contributed by atoms with van der Waals surface area (Å²) in [6.07, 6.45) is 1.54. The summed E-state index contributed by atoms with van der Waals surface area (Å²) in [4.78, 5) is 0. The molecular formula is C17H11Cl4FN4S. The van der Waals surface area contributed by atoms with Crippen LogP contribution in [0.3, 0.4) is 0 Å². The van der Waals surface area contributed by atoms with E-state index in [4.69, 9.17) is 58.6 Å². The van der Waals surface area contributed by atoms with Gasteiger partial charge < -0.3 is 10.6 Å². The van der Waals surface area contributed by atoms with E-state index in [9.17, 15) is 4.39 Å². The molecule has 3 aromatic rings. The smallest absolute Gasteiger partial charge is 0.176 e. The van der Waals surface area contributed by atoms with Crippen molar-refractivity contribution in [3.63, 3.8) is 0 Å². The van der Waals surface area contributed by atoms with Crippen LogP contribution in [0.1, 0.15) is 5.56 Å². The molecule has 2 N–H and O–H groups in total. The Balaban J connectivity index is 1.73. The second-order valence-electron chi connectivity index (χ2n) is 5.40. The quantitative estimate of drug-likeness (QED) is 0.433. The van der Waals surface area contributed by atoms with Crippen LogP contribution in [0.4, 0.5) is 15.9 Å². The van der Waals surface area contributed by atoms with Gasteiger partial charge >= 0.3 is 0 Å². The van der Waals surface area contributed by atoms with E-state index in [2.05, 4.69) is 15.7 Å². The topological polar surface area (TPSA) is 41.9 Å². The molecule has 27 heavy (non-hydrogen) atoms. The van der Waals surface area contributed by atoms with Crippen LogP contribution in [0.2, 0.25) is 20.1 Å². The first-order chi connectivity index (χ1) is 12.8. The van der Waals surface area contributed by atoms with Crippen LogP contribution in [0.5, 0.6) is 0 Å². The first kappa shape index (κ1) is 20.2. The Morgan fingerprint density at radius 3 is 2.44 bits per heavy atom. The Hall–Kier alpha value is -1.57. The molecule has 4 nitrogen and oxygen atoms in total. The van der Waals surface area contributed by atoms with Crippen molar-refractivity contribution in [1.29, 1.82) is 0 Å². The predicted molar refractivity (Wildman–Crippen MR) is 114 cm³/mol. The van der Waals surface area contributed by atoms with Gasteiger partial charge in [0.25, 0.3) is 0 Å². The monoisotopic (exact) mass is 462 g/mol. The van der Waals surface area contributed by atoms with Gasteiger partial charge in [0.2, 0.25) is 0 Å². The number of benzene rings is 2. The zero-order valence-corrected chi connectivity index (χ0v) is 17.3. The van der Waals surface area contributed by atoms with Crippen LogP contribution in [-0.2, 0) is 6.54 Å². The summed E-state index contributed by atoms with van der Waals surface area (Å²) in [5.41, 5.74) is 0.853. The van der Waals surface area contributed by atoms with E-state index in [1.807, 2.05) is 0 Å². The van der Waals surface area contributed by atoms with E-state index < -0.39 is 5.82 Å². The molecule has 0 saturated heterocycles. The van der Waals surface area contributed by atoms with E-state index in [-0.39, 0.29) is 11.7 Å². The maximum Gasteiger partial charge on any atom is 0.176 e. The number of halogens is 5. The van der Waals surface area contributed by atoms with Crippen molar-refractivity contribution in [2.24, 2.45) is 0 Å². The highest BCUT2D eigenvalue weighted by Gasteiger charge is 2.13. The van der Waals surface area contributed by atoms with Crippen LogP contribution in [0.25, 0.3) is 0 Å². The number of anilines is 2. The van der Waals surface area contributed by atoms with E-state index in [1.54, 1.807) is 30.5 Å². The van der Waals surface area contributed by atoms with Crippen LogP contribution in [-0.4, -0.2) is 14.9 Å². The first-order valence-electron chi connectivity index (χ1n) is 7.53. The molecule has 1 heterocycles. The van der Waals surface area contributed by atoms with Crippen molar-refractivity contribution in [2.45, 2.75) is 6.54 Å². The largest absolute Gasteiger partial charge is 0.331 e. The average Bonchev–Trinajstić information content (AvgIpc) is 2.95. The number of nitrogens with zero attached hydrogens (tertiary/aromatic N) is 2. The van der Waals surface area contributed by atoms with Gasteiger partial charge in [-0.1, -0.05) is 58.5 Å². The molecule has 0 unspecified atom stereocenters. The summed E-state index contributed by atoms with van der Waals surface area (Å²) in [7, 11) is 0. The summed E-state index contributed by atoms with van der Waals surface area (Å²) in [5.74, 6) is -0.115. The van der Waals surface area contributed by atoms with Crippen molar-refractivity contribution in [3.05, 3.63) is 74.1 Å². The summed E-state index contributed by atoms with van der Waals surface area (Å²) in [5, 5.41) is 11.6. The molecule has 0 radical (unpaired) electrons. The number of nitrogens with one attached hydrogen (secondary N) is 2. The molecule has 0 saturated carbocycles. The van der Waals surface area contributed by atoms with Gasteiger partial charge in [0.15, 0.2) is 10.9 Å². The number of hydrogen-bond acceptors (Lipinski definition) is 2. The highest BCUT2D eigenvalue weighted by atomic mass is 35.5. The minimum Gasteiger partial charge on any atom is -0.331 e. The van der Waals surface area contributed by atoms with Gasteiger partial charge in [0.05, 0.1) is 22.3 Å². The van der Waals surface area contributed by atoms with Crippen molar-refractivity contribution >= 4 is 75.2 Å². The van der Waals surface area contributed by atoms with Crippen molar-refractivity contribution in [3.8, 4) is 0 Å². The zero-order valence-electron chi connectivity index (χ0n) is 13.4. The lowest BCUT2D eigenvalue weighted by Crippen LogP contribution is -2.20. The Morgan fingerprint density at radius 1 is 1.00 bits per heavy atom. The molecule has 10 heteroatoms.